The Morgan fingerprint density at radius 1 is 1.25 bits per heavy atom. The largest absolute Gasteiger partial charge is 0.508 e. The lowest BCUT2D eigenvalue weighted by Gasteiger charge is -2.30. The number of nitrogens with one attached hydrogen (secondary N) is 2. The third kappa shape index (κ3) is 3.17. The summed E-state index contributed by atoms with van der Waals surface area (Å²) in [5.41, 5.74) is -0.357. The van der Waals surface area contributed by atoms with E-state index >= 15 is 0 Å². The van der Waals surface area contributed by atoms with Gasteiger partial charge in [-0.05, 0) is 37.8 Å². The quantitative estimate of drug-likeness (QED) is 0.450. The number of hydrogen-bond acceptors (Lipinski definition) is 8. The minimum Gasteiger partial charge on any atom is -0.508 e. The summed E-state index contributed by atoms with van der Waals surface area (Å²) in [6.45, 7) is 5.42. The maximum atomic E-state index is 12.6. The van der Waals surface area contributed by atoms with Gasteiger partial charge in [-0.3, -0.25) is 4.79 Å². The number of imidazole rings is 1. The molecule has 1 amide bonds. The Labute approximate surface area is 189 Å². The second-order valence-electron chi connectivity index (χ2n) is 7.88. The number of thiophene rings is 1. The Hall–Kier alpha value is -3.58. The number of carbonyl (C=O) groups is 1. The number of allylic oxidation sites excluding steroid dienone is 1. The van der Waals surface area contributed by atoms with E-state index < -0.39 is 17.4 Å². The highest BCUT2D eigenvalue weighted by Crippen LogP contribution is 2.51. The Bertz CT molecular complexity index is 1310. The van der Waals surface area contributed by atoms with Gasteiger partial charge in [0.1, 0.15) is 17.2 Å². The molecule has 0 radical (unpaired) electrons. The molecule has 3 heterocycles. The highest BCUT2D eigenvalue weighted by Gasteiger charge is 2.55. The lowest BCUT2D eigenvalue weighted by molar-refractivity contribution is -0.131. The molecule has 3 aromatic heterocycles. The molecular weight excluding hydrogens is 428 g/mol. The van der Waals surface area contributed by atoms with Crippen molar-refractivity contribution in [3.8, 4) is 11.8 Å². The topological polar surface area (TPSA) is 125 Å². The third-order valence-corrected chi connectivity index (χ3v) is 7.01. The first-order valence-corrected chi connectivity index (χ1v) is 10.9. The molecule has 0 saturated carbocycles. The zero-order valence-corrected chi connectivity index (χ0v) is 19.2. The first-order valence-electron chi connectivity index (χ1n) is 10.1. The molecule has 3 atom stereocenters. The number of aliphatic hydroxyl groups is 2. The van der Waals surface area contributed by atoms with E-state index in [0.717, 1.165) is 9.75 Å². The van der Waals surface area contributed by atoms with Gasteiger partial charge in [0, 0.05) is 24.9 Å². The summed E-state index contributed by atoms with van der Waals surface area (Å²) in [4.78, 5) is 28.1. The Morgan fingerprint density at radius 2 is 2.00 bits per heavy atom. The molecule has 4 N–H and O–H groups in total. The van der Waals surface area contributed by atoms with E-state index in [0.29, 0.717) is 22.8 Å². The molecular formula is C22H24N6O3S. The van der Waals surface area contributed by atoms with Gasteiger partial charge in [0.15, 0.2) is 22.7 Å². The Morgan fingerprint density at radius 3 is 2.62 bits per heavy atom. The van der Waals surface area contributed by atoms with Crippen molar-refractivity contribution in [3.63, 3.8) is 0 Å². The summed E-state index contributed by atoms with van der Waals surface area (Å²) >= 11 is 1.58. The molecule has 10 heteroatoms. The van der Waals surface area contributed by atoms with Gasteiger partial charge in [-0.2, -0.15) is 0 Å². The fourth-order valence-corrected chi connectivity index (χ4v) is 4.81. The number of fused-ring (bicyclic) bond motifs is 1. The average molecular weight is 453 g/mol. The van der Waals surface area contributed by atoms with E-state index in [9.17, 15) is 15.0 Å². The van der Waals surface area contributed by atoms with Crippen LogP contribution in [0, 0.1) is 30.1 Å². The van der Waals surface area contributed by atoms with Gasteiger partial charge in [-0.1, -0.05) is 6.92 Å². The normalized spacial score (nSPS) is 22.7. The molecule has 9 nitrogen and oxygen atoms in total. The van der Waals surface area contributed by atoms with Crippen LogP contribution in [0.3, 0.4) is 0 Å². The van der Waals surface area contributed by atoms with E-state index in [1.54, 1.807) is 36.8 Å². The molecule has 0 saturated heterocycles. The summed E-state index contributed by atoms with van der Waals surface area (Å²) in [6.07, 6.45) is 1.53. The van der Waals surface area contributed by atoms with Crippen molar-refractivity contribution in [3.05, 3.63) is 45.6 Å². The van der Waals surface area contributed by atoms with Crippen molar-refractivity contribution in [1.82, 2.24) is 24.8 Å². The van der Waals surface area contributed by atoms with Gasteiger partial charge in [0.05, 0.1) is 11.2 Å². The van der Waals surface area contributed by atoms with Crippen LogP contribution in [-0.4, -0.2) is 49.7 Å². The van der Waals surface area contributed by atoms with Crippen molar-refractivity contribution < 1.29 is 15.0 Å². The van der Waals surface area contributed by atoms with E-state index in [1.807, 2.05) is 19.1 Å². The fourth-order valence-electron chi connectivity index (χ4n) is 4.09. The Kier molecular flexibility index (Phi) is 5.30. The molecule has 1 aliphatic carbocycles. The highest BCUT2D eigenvalue weighted by molar-refractivity contribution is 7.12. The molecule has 0 aromatic carbocycles. The van der Waals surface area contributed by atoms with Crippen LogP contribution in [0.5, 0.6) is 0 Å². The number of anilines is 1. The minimum atomic E-state index is -1.29. The number of amides is 1. The smallest absolute Gasteiger partial charge is 0.233 e. The van der Waals surface area contributed by atoms with Gasteiger partial charge < -0.3 is 25.4 Å². The summed E-state index contributed by atoms with van der Waals surface area (Å²) < 4.78 is 1.66. The van der Waals surface area contributed by atoms with Crippen LogP contribution in [0.15, 0.2) is 30.0 Å². The molecule has 32 heavy (non-hydrogen) atoms. The van der Waals surface area contributed by atoms with Crippen LogP contribution < -0.4 is 10.6 Å². The minimum absolute atomic E-state index is 0.283. The van der Waals surface area contributed by atoms with Gasteiger partial charge in [-0.25, -0.2) is 15.0 Å². The number of nitrogens with zero attached hydrogens (tertiary/aromatic N) is 4. The van der Waals surface area contributed by atoms with Gasteiger partial charge in [0.25, 0.3) is 0 Å². The summed E-state index contributed by atoms with van der Waals surface area (Å²) in [5.74, 6) is 5.36. The number of aryl methyl sites for hydroxylation is 1. The molecule has 4 rings (SSSR count). The predicted octanol–water partition coefficient (Wildman–Crippen LogP) is 2.91. The van der Waals surface area contributed by atoms with E-state index in [4.69, 9.17) is 0 Å². The first kappa shape index (κ1) is 21.6. The standard InChI is InChI=1S/C22H24N6O3S/c1-11-6-7-13(32-11)8-9-14-26-19(23-4)15-20(27-14)28(10-25-15)16-12(2)22(3,21(31)24-5)18(30)17(16)29/h6-7,10,12,16,29-30H,1-5H3,(H,24,31)(H,23,26,27)/t12-,16-,22?/m1/s1. The summed E-state index contributed by atoms with van der Waals surface area (Å²) in [5, 5.41) is 27.1. The number of aliphatic hydroxyl groups excluding tert-OH is 2. The maximum Gasteiger partial charge on any atom is 0.233 e. The number of aromatic nitrogens is 4. The molecule has 0 fully saturated rings. The molecule has 1 aliphatic rings. The number of rotatable bonds is 3. The van der Waals surface area contributed by atoms with Crippen molar-refractivity contribution in [2.24, 2.45) is 11.3 Å². The van der Waals surface area contributed by atoms with E-state index in [1.165, 1.54) is 13.4 Å². The maximum absolute atomic E-state index is 12.6. The molecule has 0 aliphatic heterocycles. The van der Waals surface area contributed by atoms with Crippen molar-refractivity contribution in [2.75, 3.05) is 19.4 Å². The Balaban J connectivity index is 1.84. The van der Waals surface area contributed by atoms with Gasteiger partial charge >= 0.3 is 0 Å². The zero-order valence-electron chi connectivity index (χ0n) is 18.4. The molecule has 3 aromatic rings. The van der Waals surface area contributed by atoms with Crippen LogP contribution in [0.4, 0.5) is 5.82 Å². The van der Waals surface area contributed by atoms with Crippen molar-refractivity contribution in [2.45, 2.75) is 26.8 Å². The number of hydrogen-bond donors (Lipinski definition) is 4. The monoisotopic (exact) mass is 452 g/mol. The lowest BCUT2D eigenvalue weighted by Crippen LogP contribution is -2.42. The third-order valence-electron chi connectivity index (χ3n) is 6.09. The van der Waals surface area contributed by atoms with Gasteiger partial charge in [-0.15, -0.1) is 11.3 Å². The zero-order chi connectivity index (χ0) is 23.2. The lowest BCUT2D eigenvalue weighted by atomic mass is 9.77. The van der Waals surface area contributed by atoms with Crippen LogP contribution in [-0.2, 0) is 4.79 Å². The fraction of sp³-hybridized carbons (Fsp3) is 0.364. The van der Waals surface area contributed by atoms with Crippen LogP contribution in [0.2, 0.25) is 0 Å². The second kappa shape index (κ2) is 7.84. The number of carbonyl (C=O) groups excluding carboxylic acids is 1. The van der Waals surface area contributed by atoms with Crippen LogP contribution in [0.25, 0.3) is 11.2 Å². The highest BCUT2D eigenvalue weighted by atomic mass is 32.1. The van der Waals surface area contributed by atoms with E-state index in [2.05, 4.69) is 37.4 Å². The SMILES string of the molecule is CNC(=O)C1(C)C(O)=C(O)[C@H](n2cnc3c(NC)nc(C#Cc4ccc(C)s4)nc32)[C@H]1C. The predicted molar refractivity (Wildman–Crippen MR) is 123 cm³/mol. The van der Waals surface area contributed by atoms with Gasteiger partial charge in [0.2, 0.25) is 11.7 Å². The molecule has 0 bridgehead atoms. The second-order valence-corrected chi connectivity index (χ2v) is 9.17. The van der Waals surface area contributed by atoms with E-state index in [-0.39, 0.29) is 17.4 Å². The molecule has 166 valence electrons. The first-order chi connectivity index (χ1) is 15.2. The summed E-state index contributed by atoms with van der Waals surface area (Å²) in [6, 6.07) is 3.21. The van der Waals surface area contributed by atoms with Crippen molar-refractivity contribution >= 4 is 34.2 Å². The van der Waals surface area contributed by atoms with Crippen LogP contribution >= 0.6 is 11.3 Å². The van der Waals surface area contributed by atoms with Crippen LogP contribution in [0.1, 0.15) is 35.5 Å². The van der Waals surface area contributed by atoms with Crippen molar-refractivity contribution in [1.29, 1.82) is 0 Å². The average Bonchev–Trinajstić information content (AvgIpc) is 3.45. The molecule has 1 unspecified atom stereocenters. The summed E-state index contributed by atoms with van der Waals surface area (Å²) in [7, 11) is 3.22. The molecule has 0 spiro atoms.